The number of pyridine rings is 1. The predicted octanol–water partition coefficient (Wildman–Crippen LogP) is 2.80. The number of benzene rings is 1. The highest BCUT2D eigenvalue weighted by Gasteiger charge is 2.08. The van der Waals surface area contributed by atoms with Gasteiger partial charge in [0.05, 0.1) is 23.3 Å². The molecular weight excluding hydrogens is 274 g/mol. The van der Waals surface area contributed by atoms with E-state index < -0.39 is 0 Å². The first-order valence-electron chi connectivity index (χ1n) is 6.22. The highest BCUT2D eigenvalue weighted by Crippen LogP contribution is 2.13. The first-order chi connectivity index (χ1) is 9.65. The fraction of sp³-hybridized carbons (Fsp3) is 0.133. The predicted molar refractivity (Wildman–Crippen MR) is 79.1 cm³/mol. The van der Waals surface area contributed by atoms with Gasteiger partial charge in [-0.15, -0.1) is 0 Å². The van der Waals surface area contributed by atoms with E-state index in [2.05, 4.69) is 9.97 Å². The lowest BCUT2D eigenvalue weighted by molar-refractivity contribution is 0.756. The van der Waals surface area contributed by atoms with Gasteiger partial charge in [-0.05, 0) is 31.2 Å². The van der Waals surface area contributed by atoms with Crippen molar-refractivity contribution in [3.05, 3.63) is 69.4 Å². The van der Waals surface area contributed by atoms with Gasteiger partial charge < -0.3 is 0 Å². The van der Waals surface area contributed by atoms with Crippen molar-refractivity contribution in [2.75, 3.05) is 0 Å². The second kappa shape index (κ2) is 5.06. The van der Waals surface area contributed by atoms with E-state index in [0.717, 1.165) is 16.7 Å². The zero-order valence-electron chi connectivity index (χ0n) is 10.9. The van der Waals surface area contributed by atoms with Gasteiger partial charge in [0.15, 0.2) is 0 Å². The summed E-state index contributed by atoms with van der Waals surface area (Å²) in [5, 5.41) is 0.609. The third-order valence-electron chi connectivity index (χ3n) is 3.11. The summed E-state index contributed by atoms with van der Waals surface area (Å²) in [6.07, 6.45) is 1.64. The van der Waals surface area contributed by atoms with Crippen molar-refractivity contribution in [2.24, 2.45) is 0 Å². The van der Waals surface area contributed by atoms with Crippen LogP contribution in [0, 0.1) is 6.92 Å². The first-order valence-corrected chi connectivity index (χ1v) is 6.59. The van der Waals surface area contributed by atoms with Crippen LogP contribution in [0.15, 0.2) is 47.4 Å². The molecule has 0 aliphatic heterocycles. The molecule has 20 heavy (non-hydrogen) atoms. The monoisotopic (exact) mass is 285 g/mol. The Morgan fingerprint density at radius 3 is 2.85 bits per heavy atom. The molecule has 0 unspecified atom stereocenters. The van der Waals surface area contributed by atoms with E-state index >= 15 is 0 Å². The molecule has 0 amide bonds. The Morgan fingerprint density at radius 2 is 2.05 bits per heavy atom. The summed E-state index contributed by atoms with van der Waals surface area (Å²) in [5.41, 5.74) is 2.71. The lowest BCUT2D eigenvalue weighted by Crippen LogP contribution is -2.24. The maximum Gasteiger partial charge on any atom is 0.272 e. The molecule has 0 aliphatic carbocycles. The minimum Gasteiger partial charge on any atom is -0.299 e. The highest BCUT2D eigenvalue weighted by molar-refractivity contribution is 6.30. The molecule has 1 aromatic carbocycles. The summed E-state index contributed by atoms with van der Waals surface area (Å²) in [4.78, 5) is 20.9. The van der Waals surface area contributed by atoms with E-state index in [1.165, 1.54) is 0 Å². The van der Waals surface area contributed by atoms with E-state index in [4.69, 9.17) is 11.6 Å². The van der Waals surface area contributed by atoms with Crippen LogP contribution in [-0.2, 0) is 6.54 Å². The van der Waals surface area contributed by atoms with Crippen LogP contribution in [0.2, 0.25) is 5.02 Å². The molecule has 3 rings (SSSR count). The second-order valence-electron chi connectivity index (χ2n) is 4.54. The van der Waals surface area contributed by atoms with Crippen molar-refractivity contribution in [2.45, 2.75) is 13.5 Å². The molecule has 4 nitrogen and oxygen atoms in total. The maximum absolute atomic E-state index is 12.3. The molecule has 5 heteroatoms. The molecule has 0 fully saturated rings. The third-order valence-corrected chi connectivity index (χ3v) is 3.35. The molecule has 0 radical (unpaired) electrons. The van der Waals surface area contributed by atoms with Gasteiger partial charge in [0, 0.05) is 11.2 Å². The summed E-state index contributed by atoms with van der Waals surface area (Å²) in [6.45, 7) is 2.10. The number of para-hydroxylation sites is 2. The Labute approximate surface area is 120 Å². The topological polar surface area (TPSA) is 47.8 Å². The Bertz CT molecular complexity index is 842. The van der Waals surface area contributed by atoms with Gasteiger partial charge in [0.1, 0.15) is 5.69 Å². The molecule has 0 atom stereocenters. The summed E-state index contributed by atoms with van der Waals surface area (Å²) in [6, 6.07) is 11.0. The second-order valence-corrected chi connectivity index (χ2v) is 4.98. The van der Waals surface area contributed by atoms with Crippen LogP contribution >= 0.6 is 11.6 Å². The number of hydrogen-bond donors (Lipinski definition) is 0. The van der Waals surface area contributed by atoms with Gasteiger partial charge in [-0.2, -0.15) is 0 Å². The number of aryl methyl sites for hydroxylation is 1. The molecule has 100 valence electrons. The molecule has 0 spiro atoms. The summed E-state index contributed by atoms with van der Waals surface area (Å²) in [7, 11) is 0. The SMILES string of the molecule is Cc1nc2ccccc2n(Cc2cc(Cl)ccn2)c1=O. The van der Waals surface area contributed by atoms with Crippen molar-refractivity contribution >= 4 is 22.6 Å². The van der Waals surface area contributed by atoms with Crippen LogP contribution in [0.1, 0.15) is 11.4 Å². The largest absolute Gasteiger partial charge is 0.299 e. The van der Waals surface area contributed by atoms with Crippen LogP contribution in [0.4, 0.5) is 0 Å². The van der Waals surface area contributed by atoms with Crippen LogP contribution in [0.25, 0.3) is 11.0 Å². The van der Waals surface area contributed by atoms with Gasteiger partial charge in [-0.1, -0.05) is 23.7 Å². The minimum atomic E-state index is -0.106. The zero-order valence-corrected chi connectivity index (χ0v) is 11.6. The zero-order chi connectivity index (χ0) is 14.1. The number of aromatic nitrogens is 3. The Morgan fingerprint density at radius 1 is 1.25 bits per heavy atom. The van der Waals surface area contributed by atoms with Gasteiger partial charge in [-0.3, -0.25) is 14.3 Å². The number of hydrogen-bond acceptors (Lipinski definition) is 3. The lowest BCUT2D eigenvalue weighted by Gasteiger charge is -2.10. The van der Waals surface area contributed by atoms with Crippen molar-refractivity contribution in [3.63, 3.8) is 0 Å². The lowest BCUT2D eigenvalue weighted by atomic mass is 10.2. The normalized spacial score (nSPS) is 10.9. The summed E-state index contributed by atoms with van der Waals surface area (Å²) in [5.74, 6) is 0. The summed E-state index contributed by atoms with van der Waals surface area (Å²) >= 11 is 5.96. The summed E-state index contributed by atoms with van der Waals surface area (Å²) < 4.78 is 1.68. The molecule has 0 aliphatic rings. The van der Waals surface area contributed by atoms with Crippen LogP contribution in [0.3, 0.4) is 0 Å². The third kappa shape index (κ3) is 2.30. The molecule has 0 N–H and O–H groups in total. The van der Waals surface area contributed by atoms with Crippen molar-refractivity contribution in [3.8, 4) is 0 Å². The van der Waals surface area contributed by atoms with E-state index in [9.17, 15) is 4.79 Å². The number of rotatable bonds is 2. The van der Waals surface area contributed by atoms with Crippen molar-refractivity contribution in [1.29, 1.82) is 0 Å². The molecule has 0 saturated carbocycles. The van der Waals surface area contributed by atoms with E-state index in [1.54, 1.807) is 29.8 Å². The molecule has 2 heterocycles. The smallest absolute Gasteiger partial charge is 0.272 e. The average Bonchev–Trinajstić information content (AvgIpc) is 2.44. The highest BCUT2D eigenvalue weighted by atomic mass is 35.5. The van der Waals surface area contributed by atoms with Gasteiger partial charge in [0.25, 0.3) is 5.56 Å². The average molecular weight is 286 g/mol. The molecule has 0 bridgehead atoms. The fourth-order valence-corrected chi connectivity index (χ4v) is 2.36. The number of nitrogens with zero attached hydrogens (tertiary/aromatic N) is 3. The Kier molecular flexibility index (Phi) is 3.24. The van der Waals surface area contributed by atoms with E-state index in [0.29, 0.717) is 17.3 Å². The van der Waals surface area contributed by atoms with Crippen LogP contribution < -0.4 is 5.56 Å². The van der Waals surface area contributed by atoms with Crippen molar-refractivity contribution in [1.82, 2.24) is 14.5 Å². The molecule has 0 saturated heterocycles. The fourth-order valence-electron chi connectivity index (χ4n) is 2.17. The van der Waals surface area contributed by atoms with Crippen LogP contribution in [0.5, 0.6) is 0 Å². The Hall–Kier alpha value is -2.20. The molecule has 3 aromatic rings. The molecule has 2 aromatic heterocycles. The van der Waals surface area contributed by atoms with Crippen molar-refractivity contribution < 1.29 is 0 Å². The molecular formula is C15H12ClN3O. The number of fused-ring (bicyclic) bond motifs is 1. The van der Waals surface area contributed by atoms with Gasteiger partial charge >= 0.3 is 0 Å². The quantitative estimate of drug-likeness (QED) is 0.727. The maximum atomic E-state index is 12.3. The van der Waals surface area contributed by atoms with Gasteiger partial charge in [0.2, 0.25) is 0 Å². The number of halogens is 1. The van der Waals surface area contributed by atoms with E-state index in [1.807, 2.05) is 24.3 Å². The van der Waals surface area contributed by atoms with Crippen LogP contribution in [-0.4, -0.2) is 14.5 Å². The minimum absolute atomic E-state index is 0.106. The van der Waals surface area contributed by atoms with Gasteiger partial charge in [-0.25, -0.2) is 4.98 Å². The standard InChI is InChI=1S/C15H12ClN3O/c1-10-15(20)19(9-12-8-11(16)6-7-17-12)14-5-3-2-4-13(14)18-10/h2-8H,9H2,1H3. The Balaban J connectivity index is 2.20. The first kappa shape index (κ1) is 12.8. The van der Waals surface area contributed by atoms with E-state index in [-0.39, 0.29) is 5.56 Å².